The molecule has 2 rings (SSSR count). The Hall–Kier alpha value is -1.77. The Morgan fingerprint density at radius 2 is 1.55 bits per heavy atom. The number of aliphatic hydroxyl groups is 1. The quantitative estimate of drug-likeness (QED) is 0.310. The van der Waals surface area contributed by atoms with Crippen molar-refractivity contribution in [1.29, 1.82) is 0 Å². The molecule has 0 amide bonds. The van der Waals surface area contributed by atoms with E-state index in [2.05, 4.69) is 20.6 Å². The zero-order valence-corrected chi connectivity index (χ0v) is 19.1. The number of aldehydes is 1. The van der Waals surface area contributed by atoms with Crippen molar-refractivity contribution in [3.05, 3.63) is 46.0 Å². The molecule has 8 nitrogen and oxygen atoms in total. The first-order valence-electron chi connectivity index (χ1n) is 9.11. The number of anilines is 2. The second-order valence-electron chi connectivity index (χ2n) is 4.66. The van der Waals surface area contributed by atoms with Crippen LogP contribution in [0.15, 0.2) is 24.5 Å². The molecule has 2 heterocycles. The average molecular weight is 489 g/mol. The summed E-state index contributed by atoms with van der Waals surface area (Å²) in [5.41, 5.74) is 2.87. The summed E-state index contributed by atoms with van der Waals surface area (Å²) in [5, 5.41) is 15.8. The Labute approximate surface area is 188 Å². The molecular weight excluding hydrogens is 462 g/mol. The molecule has 0 saturated carbocycles. The van der Waals surface area contributed by atoms with Crippen molar-refractivity contribution in [2.75, 3.05) is 23.7 Å². The molecule has 3 N–H and O–H groups in total. The molecule has 0 aromatic carbocycles. The number of nitrogens with one attached hydrogen (secondary N) is 2. The summed E-state index contributed by atoms with van der Waals surface area (Å²) in [4.78, 5) is 18.1. The first kappa shape index (κ1) is 27.2. The van der Waals surface area contributed by atoms with Crippen LogP contribution in [0, 0.1) is 0 Å². The van der Waals surface area contributed by atoms with Crippen LogP contribution in [-0.4, -0.2) is 34.5 Å². The topological polar surface area (TPSA) is 121 Å². The fourth-order valence-electron chi connectivity index (χ4n) is 1.82. The zero-order valence-electron chi connectivity index (χ0n) is 17.4. The summed E-state index contributed by atoms with van der Waals surface area (Å²) >= 11 is 9.88. The third kappa shape index (κ3) is 13.1. The number of halogens is 2. The molecule has 0 saturated heterocycles. The first-order valence-corrected chi connectivity index (χ1v) is 10.1. The van der Waals surface area contributed by atoms with Crippen LogP contribution in [0.25, 0.3) is 0 Å². The Morgan fingerprint density at radius 1 is 1.10 bits per heavy atom. The van der Waals surface area contributed by atoms with Crippen molar-refractivity contribution < 1.29 is 33.8 Å². The zero-order chi connectivity index (χ0) is 23.4. The van der Waals surface area contributed by atoms with Crippen LogP contribution in [0.4, 0.5) is 11.4 Å². The maximum atomic E-state index is 10.5. The number of rotatable bonds is 6. The van der Waals surface area contributed by atoms with Crippen molar-refractivity contribution in [2.24, 2.45) is 0 Å². The van der Waals surface area contributed by atoms with Gasteiger partial charge in [-0.2, -0.15) is 0 Å². The number of pyridine rings is 2. The number of nitrogens with zero attached hydrogens (tertiary/aromatic N) is 2. The molecule has 0 fully saturated rings. The fourth-order valence-corrected chi connectivity index (χ4v) is 2.13. The Balaban J connectivity index is 0. The summed E-state index contributed by atoms with van der Waals surface area (Å²) in [6.45, 7) is 7.75. The number of hydrogen-bond donors (Lipinski definition) is 3. The summed E-state index contributed by atoms with van der Waals surface area (Å²) < 4.78 is 23.0. The van der Waals surface area contributed by atoms with Gasteiger partial charge in [-0.25, -0.2) is 9.97 Å². The number of carbonyl (C=O) groups is 1. The van der Waals surface area contributed by atoms with E-state index in [4.69, 9.17) is 37.3 Å². The van der Waals surface area contributed by atoms with E-state index < -0.39 is 14.8 Å². The Bertz CT molecular complexity index is 782. The van der Waals surface area contributed by atoms with Gasteiger partial charge in [0.15, 0.2) is 6.29 Å². The van der Waals surface area contributed by atoms with Gasteiger partial charge in [-0.05, 0) is 26.0 Å². The van der Waals surface area contributed by atoms with E-state index >= 15 is 0 Å². The molecule has 29 heavy (non-hydrogen) atoms. The van der Waals surface area contributed by atoms with Gasteiger partial charge in [-0.1, -0.05) is 37.0 Å². The molecule has 0 radical (unpaired) electrons. The summed E-state index contributed by atoms with van der Waals surface area (Å²) in [6, 6.07) is 3.34. The van der Waals surface area contributed by atoms with Crippen LogP contribution >= 0.6 is 23.2 Å². The predicted octanol–water partition coefficient (Wildman–Crippen LogP) is 4.42. The third-order valence-electron chi connectivity index (χ3n) is 2.89. The van der Waals surface area contributed by atoms with Gasteiger partial charge in [0.25, 0.3) is 0 Å². The first-order chi connectivity index (χ1) is 14.4. The predicted molar refractivity (Wildman–Crippen MR) is 111 cm³/mol. The number of carbonyl (C=O) groups excluding carboxylic acids is 1. The molecule has 163 valence electrons. The van der Waals surface area contributed by atoms with Gasteiger partial charge in [0, 0.05) is 43.8 Å². The van der Waals surface area contributed by atoms with E-state index in [-0.39, 0.29) is 6.61 Å². The second kappa shape index (κ2) is 19.5. The second-order valence-corrected chi connectivity index (χ2v) is 5.63. The Morgan fingerprint density at radius 3 is 2.00 bits per heavy atom. The van der Waals surface area contributed by atoms with Crippen LogP contribution < -0.4 is 10.6 Å². The van der Waals surface area contributed by atoms with Gasteiger partial charge < -0.3 is 15.7 Å². The molecule has 2 aromatic rings. The van der Waals surface area contributed by atoms with E-state index in [9.17, 15) is 4.79 Å². The van der Waals surface area contributed by atoms with Gasteiger partial charge >= 0.3 is 22.5 Å². The molecule has 2 aromatic heterocycles. The molecule has 0 unspecified atom stereocenters. The summed E-state index contributed by atoms with van der Waals surface area (Å²) in [7, 11) is 0. The third-order valence-corrected chi connectivity index (χ3v) is 3.30. The minimum absolute atomic E-state index is 0.0213. The maximum absolute atomic E-state index is 10.5. The van der Waals surface area contributed by atoms with Crippen LogP contribution in [-0.2, 0) is 29.1 Å². The van der Waals surface area contributed by atoms with Crippen molar-refractivity contribution in [2.45, 2.75) is 34.3 Å². The van der Waals surface area contributed by atoms with Gasteiger partial charge in [0.1, 0.15) is 10.3 Å². The van der Waals surface area contributed by atoms with Gasteiger partial charge in [-0.3, -0.25) is 4.79 Å². The number of aromatic nitrogens is 2. The molecule has 0 aliphatic rings. The molecule has 0 aliphatic heterocycles. The van der Waals surface area contributed by atoms with Gasteiger partial charge in [0.2, 0.25) is 0 Å². The van der Waals surface area contributed by atoms with Crippen LogP contribution in [0.2, 0.25) is 10.3 Å². The number of hydrogen-bond acceptors (Lipinski definition) is 8. The minimum atomic E-state index is -1.44. The molecule has 11 heteroatoms. The molecular formula is C18H26Cl2MnN4O4. The monoisotopic (exact) mass is 488 g/mol. The van der Waals surface area contributed by atoms with Gasteiger partial charge in [-0.15, -0.1) is 0 Å². The van der Waals surface area contributed by atoms with E-state index in [1.165, 1.54) is 6.20 Å². The fraction of sp³-hybridized carbons (Fsp3) is 0.389. The molecule has 0 spiro atoms. The number of aliphatic hydroxyl groups excluding tert-OH is 1. The van der Waals surface area contributed by atoms with E-state index in [1.807, 2.05) is 13.8 Å². The van der Waals surface area contributed by atoms with Crippen molar-refractivity contribution in [1.82, 2.24) is 9.97 Å². The van der Waals surface area contributed by atoms with Crippen LogP contribution in [0.3, 0.4) is 0 Å². The van der Waals surface area contributed by atoms with Gasteiger partial charge in [0.05, 0.1) is 12.2 Å². The summed E-state index contributed by atoms with van der Waals surface area (Å²) in [5.74, 6) is 0. The standard InChI is InChI=1S/C8H11ClN2O.C8H9ClN2O.C2H6.Mn.2O/c2*1-2-10-7-3-8(9)11-4-6(7)5-12;1-2;;;/h3-4,12H,2,5H2,1H3,(H,10,11);3-5H,2H2,1H3,(H,10,11);1-2H3;;;/i;;1D;;;. The van der Waals surface area contributed by atoms with E-state index in [0.29, 0.717) is 22.8 Å². The van der Waals surface area contributed by atoms with Crippen molar-refractivity contribution in [3.63, 3.8) is 0 Å². The summed E-state index contributed by atoms with van der Waals surface area (Å²) in [6.07, 6.45) is 3.77. The van der Waals surface area contributed by atoms with E-state index in [0.717, 1.165) is 36.3 Å². The molecule has 0 bridgehead atoms. The van der Waals surface area contributed by atoms with Crippen molar-refractivity contribution in [3.8, 4) is 0 Å². The molecule has 0 atom stereocenters. The SMILES string of the molecule is CCNc1cc(Cl)ncc1C=O.CCNc1cc(Cl)ncc1CO.[2H]CC.[O]=[Mn]=[O]. The van der Waals surface area contributed by atoms with E-state index in [1.54, 1.807) is 25.3 Å². The normalized spacial score (nSPS) is 9.10. The van der Waals surface area contributed by atoms with Crippen LogP contribution in [0.5, 0.6) is 0 Å². The van der Waals surface area contributed by atoms with Crippen LogP contribution in [0.1, 0.15) is 45.0 Å². The Kier molecular flexibility index (Phi) is 18.3. The van der Waals surface area contributed by atoms with Crippen molar-refractivity contribution >= 4 is 40.9 Å². The average Bonchev–Trinajstić information content (AvgIpc) is 2.71. The molecule has 0 aliphatic carbocycles.